The number of hydrogen-bond acceptors (Lipinski definition) is 6. The first-order valence-corrected chi connectivity index (χ1v) is 7.73. The summed E-state index contributed by atoms with van der Waals surface area (Å²) in [5.41, 5.74) is 0. The lowest BCUT2D eigenvalue weighted by Crippen LogP contribution is -2.47. The Labute approximate surface area is 135 Å². The van der Waals surface area contributed by atoms with E-state index in [-0.39, 0.29) is 6.61 Å². The molecular weight excluding hydrogens is 306 g/mol. The van der Waals surface area contributed by atoms with E-state index in [4.69, 9.17) is 9.84 Å². The van der Waals surface area contributed by atoms with Crippen molar-refractivity contribution in [1.29, 1.82) is 0 Å². The number of hydrogen-bond donors (Lipinski definition) is 2. The fraction of sp³-hybridized carbons (Fsp3) is 0.667. The third-order valence-electron chi connectivity index (χ3n) is 3.72. The molecule has 23 heavy (non-hydrogen) atoms. The minimum absolute atomic E-state index is 0.169. The maximum Gasteiger partial charge on any atom is 0.293 e. The van der Waals surface area contributed by atoms with Crippen LogP contribution in [0.1, 0.15) is 0 Å². The van der Waals surface area contributed by atoms with Crippen LogP contribution in [0.2, 0.25) is 0 Å². The van der Waals surface area contributed by atoms with Crippen molar-refractivity contribution >= 4 is 5.82 Å². The zero-order valence-corrected chi connectivity index (χ0v) is 13.3. The van der Waals surface area contributed by atoms with Crippen LogP contribution in [0.3, 0.4) is 0 Å². The van der Waals surface area contributed by atoms with Gasteiger partial charge in [-0.25, -0.2) is 13.8 Å². The normalized spacial score (nSPS) is 16.6. The van der Waals surface area contributed by atoms with E-state index in [0.29, 0.717) is 12.3 Å². The number of pyridine rings is 1. The van der Waals surface area contributed by atoms with Crippen molar-refractivity contribution in [3.63, 3.8) is 0 Å². The molecule has 2 heterocycles. The molecule has 0 radical (unpaired) electrons. The van der Waals surface area contributed by atoms with Gasteiger partial charge in [0.15, 0.2) is 6.61 Å². The highest BCUT2D eigenvalue weighted by molar-refractivity contribution is 5.41. The summed E-state index contributed by atoms with van der Waals surface area (Å²) in [6, 6.07) is 3.45. The number of β-amino-alcohol motifs (C(OH)–C–C–N with tert-alkyl or cyclic N) is 1. The summed E-state index contributed by atoms with van der Waals surface area (Å²) in [7, 11) is 1.48. The molecule has 1 aliphatic heterocycles. The third kappa shape index (κ3) is 5.56. The molecule has 2 N–H and O–H groups in total. The minimum Gasteiger partial charge on any atom is -0.486 e. The van der Waals surface area contributed by atoms with Gasteiger partial charge in [-0.3, -0.25) is 4.90 Å². The van der Waals surface area contributed by atoms with Crippen LogP contribution in [0.5, 0.6) is 5.75 Å². The molecule has 1 aromatic heterocycles. The quantitative estimate of drug-likeness (QED) is 0.721. The molecule has 1 aliphatic rings. The molecule has 6 nitrogen and oxygen atoms in total. The molecule has 0 amide bonds. The lowest BCUT2D eigenvalue weighted by atomic mass is 10.3. The highest BCUT2D eigenvalue weighted by atomic mass is 19.3. The van der Waals surface area contributed by atoms with Gasteiger partial charge in [-0.15, -0.1) is 0 Å². The van der Waals surface area contributed by atoms with E-state index < -0.39 is 19.1 Å². The van der Waals surface area contributed by atoms with E-state index >= 15 is 0 Å². The second kappa shape index (κ2) is 8.37. The van der Waals surface area contributed by atoms with Gasteiger partial charge >= 0.3 is 0 Å². The lowest BCUT2D eigenvalue weighted by molar-refractivity contribution is -0.0375. The number of aliphatic hydroxyl groups excluding tert-OH is 1. The summed E-state index contributed by atoms with van der Waals surface area (Å²) in [4.78, 5) is 8.62. The molecule has 0 saturated carbocycles. The average Bonchev–Trinajstić information content (AvgIpc) is 2.55. The first-order chi connectivity index (χ1) is 11.0. The zero-order valence-electron chi connectivity index (χ0n) is 13.3. The molecule has 2 rings (SSSR count). The Hall–Kier alpha value is -1.51. The van der Waals surface area contributed by atoms with Crippen LogP contribution in [-0.4, -0.2) is 80.4 Å². The number of aromatic nitrogens is 1. The van der Waals surface area contributed by atoms with Gasteiger partial charge in [-0.1, -0.05) is 0 Å². The second-order valence-electron chi connectivity index (χ2n) is 5.58. The van der Waals surface area contributed by atoms with Crippen LogP contribution in [-0.2, 0) is 0 Å². The van der Waals surface area contributed by atoms with Gasteiger partial charge in [0.2, 0.25) is 0 Å². The standard InChI is InChI=1S/C15H24F2N4O2/c1-18-11-15(16,17)12-23-13-2-3-14(19-10-13)21-6-4-20(5-7-21)8-9-22/h2-3,10,18,22H,4-9,11-12H2,1H3. The SMILES string of the molecule is CNCC(F)(F)COc1ccc(N2CCN(CCO)CC2)nc1. The van der Waals surface area contributed by atoms with Crippen molar-refractivity contribution in [3.05, 3.63) is 18.3 Å². The Morgan fingerprint density at radius 1 is 1.30 bits per heavy atom. The minimum atomic E-state index is -2.91. The Morgan fingerprint density at radius 3 is 2.61 bits per heavy atom. The molecule has 0 unspecified atom stereocenters. The maximum absolute atomic E-state index is 13.3. The third-order valence-corrected chi connectivity index (χ3v) is 3.72. The van der Waals surface area contributed by atoms with Crippen molar-refractivity contribution in [2.24, 2.45) is 0 Å². The number of ether oxygens (including phenoxy) is 1. The summed E-state index contributed by atoms with van der Waals surface area (Å²) in [5.74, 6) is -1.76. The van der Waals surface area contributed by atoms with Crippen LogP contribution in [0.4, 0.5) is 14.6 Å². The molecule has 1 fully saturated rings. The van der Waals surface area contributed by atoms with Crippen LogP contribution < -0.4 is 15.0 Å². The van der Waals surface area contributed by atoms with Crippen LogP contribution in [0.25, 0.3) is 0 Å². The maximum atomic E-state index is 13.3. The molecule has 1 aromatic rings. The number of piperazine rings is 1. The molecule has 0 aliphatic carbocycles. The van der Waals surface area contributed by atoms with Gasteiger partial charge in [0.1, 0.15) is 11.6 Å². The number of halogens is 2. The van der Waals surface area contributed by atoms with Gasteiger partial charge in [-0.05, 0) is 19.2 Å². The lowest BCUT2D eigenvalue weighted by Gasteiger charge is -2.35. The van der Waals surface area contributed by atoms with E-state index in [1.807, 2.05) is 0 Å². The summed E-state index contributed by atoms with van der Waals surface area (Å²) in [5, 5.41) is 11.4. The summed E-state index contributed by atoms with van der Waals surface area (Å²) < 4.78 is 31.8. The van der Waals surface area contributed by atoms with E-state index in [0.717, 1.165) is 32.0 Å². The molecule has 8 heteroatoms. The fourth-order valence-electron chi connectivity index (χ4n) is 2.49. The molecule has 0 spiro atoms. The van der Waals surface area contributed by atoms with Gasteiger partial charge < -0.3 is 20.1 Å². The molecule has 1 saturated heterocycles. The van der Waals surface area contributed by atoms with E-state index in [1.54, 1.807) is 12.1 Å². The van der Waals surface area contributed by atoms with Crippen LogP contribution >= 0.6 is 0 Å². The summed E-state index contributed by atoms with van der Waals surface area (Å²) >= 11 is 0. The number of nitrogens with one attached hydrogen (secondary N) is 1. The monoisotopic (exact) mass is 330 g/mol. The van der Waals surface area contributed by atoms with Crippen molar-refractivity contribution < 1.29 is 18.6 Å². The highest BCUT2D eigenvalue weighted by Gasteiger charge is 2.29. The zero-order chi connectivity index (χ0) is 16.7. The van der Waals surface area contributed by atoms with Crippen molar-refractivity contribution in [2.45, 2.75) is 5.92 Å². The largest absolute Gasteiger partial charge is 0.486 e. The first-order valence-electron chi connectivity index (χ1n) is 7.73. The average molecular weight is 330 g/mol. The van der Waals surface area contributed by atoms with Gasteiger partial charge in [0.25, 0.3) is 5.92 Å². The van der Waals surface area contributed by atoms with Gasteiger partial charge in [0.05, 0.1) is 19.3 Å². The number of rotatable bonds is 8. The number of alkyl halides is 2. The van der Waals surface area contributed by atoms with Crippen LogP contribution in [0, 0.1) is 0 Å². The number of anilines is 1. The van der Waals surface area contributed by atoms with Crippen molar-refractivity contribution in [3.8, 4) is 5.75 Å². The molecule has 0 atom stereocenters. The van der Waals surface area contributed by atoms with Gasteiger partial charge in [-0.2, -0.15) is 0 Å². The van der Waals surface area contributed by atoms with Crippen molar-refractivity contribution in [2.75, 3.05) is 64.4 Å². The van der Waals surface area contributed by atoms with Crippen molar-refractivity contribution in [1.82, 2.24) is 15.2 Å². The number of nitrogens with zero attached hydrogens (tertiary/aromatic N) is 3. The van der Waals surface area contributed by atoms with E-state index in [2.05, 4.69) is 20.1 Å². The van der Waals surface area contributed by atoms with E-state index in [9.17, 15) is 8.78 Å². The topological polar surface area (TPSA) is 60.9 Å². The van der Waals surface area contributed by atoms with E-state index in [1.165, 1.54) is 13.2 Å². The predicted octanol–water partition coefficient (Wildman–Crippen LogP) is 0.429. The fourth-order valence-corrected chi connectivity index (χ4v) is 2.49. The summed E-state index contributed by atoms with van der Waals surface area (Å²) in [6.45, 7) is 3.16. The molecule has 0 bridgehead atoms. The first kappa shape index (κ1) is 17.8. The smallest absolute Gasteiger partial charge is 0.293 e. The van der Waals surface area contributed by atoms with Crippen LogP contribution in [0.15, 0.2) is 18.3 Å². The Kier molecular flexibility index (Phi) is 6.49. The summed E-state index contributed by atoms with van der Waals surface area (Å²) in [6.07, 6.45) is 1.48. The molecular formula is C15H24F2N4O2. The Balaban J connectivity index is 1.83. The Bertz CT molecular complexity index is 465. The second-order valence-corrected chi connectivity index (χ2v) is 5.58. The van der Waals surface area contributed by atoms with Gasteiger partial charge in [0, 0.05) is 32.7 Å². The molecule has 0 aromatic carbocycles. The Morgan fingerprint density at radius 2 is 2.04 bits per heavy atom. The number of aliphatic hydroxyl groups is 1. The predicted molar refractivity (Wildman–Crippen MR) is 84.3 cm³/mol. The molecule has 130 valence electrons. The highest BCUT2D eigenvalue weighted by Crippen LogP contribution is 2.20.